The summed E-state index contributed by atoms with van der Waals surface area (Å²) in [6, 6.07) is 8.23. The van der Waals surface area contributed by atoms with Crippen molar-refractivity contribution in [1.29, 1.82) is 0 Å². The highest BCUT2D eigenvalue weighted by atomic mass is 16.5. The number of guanidine groups is 1. The van der Waals surface area contributed by atoms with Crippen molar-refractivity contribution in [3.63, 3.8) is 0 Å². The lowest BCUT2D eigenvalue weighted by molar-refractivity contribution is 0.181. The fourth-order valence-corrected chi connectivity index (χ4v) is 3.05. The van der Waals surface area contributed by atoms with Gasteiger partial charge in [-0.15, -0.1) is 0 Å². The highest BCUT2D eigenvalue weighted by molar-refractivity contribution is 5.79. The number of ether oxygens (including phenoxy) is 1. The minimum absolute atomic E-state index is 0.416. The second-order valence-electron chi connectivity index (χ2n) is 6.76. The summed E-state index contributed by atoms with van der Waals surface area (Å²) in [6.45, 7) is 8.02. The number of hydrogen-bond acceptors (Lipinski definition) is 4. The van der Waals surface area contributed by atoms with E-state index in [2.05, 4.69) is 53.2 Å². The molecule has 0 radical (unpaired) electrons. The average molecular weight is 356 g/mol. The molecule has 6 nitrogen and oxygen atoms in total. The van der Waals surface area contributed by atoms with Crippen LogP contribution in [0.2, 0.25) is 0 Å². The lowest BCUT2D eigenvalue weighted by Crippen LogP contribution is -2.41. The van der Waals surface area contributed by atoms with Gasteiger partial charge in [-0.25, -0.2) is 9.98 Å². The highest BCUT2D eigenvalue weighted by Crippen LogP contribution is 2.21. The van der Waals surface area contributed by atoms with Crippen molar-refractivity contribution in [1.82, 2.24) is 15.2 Å². The number of benzene rings is 1. The molecule has 1 aromatic carbocycles. The molecule has 0 aliphatic carbocycles. The van der Waals surface area contributed by atoms with E-state index >= 15 is 0 Å². The molecule has 1 aliphatic rings. The maximum atomic E-state index is 5.87. The molecule has 2 aromatic rings. The summed E-state index contributed by atoms with van der Waals surface area (Å²) >= 11 is 0. The Kier molecular flexibility index (Phi) is 6.28. The van der Waals surface area contributed by atoms with Crippen LogP contribution in [0.25, 0.3) is 11.3 Å². The van der Waals surface area contributed by atoms with Gasteiger partial charge in [0.2, 0.25) is 5.89 Å². The van der Waals surface area contributed by atoms with Crippen molar-refractivity contribution in [2.45, 2.75) is 26.8 Å². The number of aromatic nitrogens is 1. The van der Waals surface area contributed by atoms with Gasteiger partial charge in [-0.3, -0.25) is 0 Å². The summed E-state index contributed by atoms with van der Waals surface area (Å²) in [5.74, 6) is 2.83. The Labute approximate surface area is 155 Å². The first kappa shape index (κ1) is 18.5. The Bertz CT molecular complexity index is 718. The third-order valence-electron chi connectivity index (χ3n) is 4.51. The van der Waals surface area contributed by atoms with Crippen molar-refractivity contribution < 1.29 is 9.15 Å². The minimum Gasteiger partial charge on any atom is -0.439 e. The molecule has 3 rings (SSSR count). The van der Waals surface area contributed by atoms with Crippen LogP contribution in [0, 0.1) is 12.8 Å². The van der Waals surface area contributed by atoms with Gasteiger partial charge in [-0.2, -0.15) is 0 Å². The van der Waals surface area contributed by atoms with Crippen molar-refractivity contribution in [2.75, 3.05) is 33.4 Å². The SMILES string of the molecule is CCNC(=NCc1ncc(-c2ccc(C)cc2)o1)N(C)CC1CCOC1. The van der Waals surface area contributed by atoms with Crippen LogP contribution in [-0.2, 0) is 11.3 Å². The van der Waals surface area contributed by atoms with Gasteiger partial charge in [0, 0.05) is 38.2 Å². The van der Waals surface area contributed by atoms with Crippen LogP contribution in [-0.4, -0.2) is 49.2 Å². The fraction of sp³-hybridized carbons (Fsp3) is 0.500. The molecule has 1 atom stereocenters. The molecule has 1 aliphatic heterocycles. The van der Waals surface area contributed by atoms with Crippen LogP contribution in [0.5, 0.6) is 0 Å². The van der Waals surface area contributed by atoms with Gasteiger partial charge in [-0.1, -0.05) is 29.8 Å². The summed E-state index contributed by atoms with van der Waals surface area (Å²) in [6.07, 6.45) is 2.88. The first-order valence-electron chi connectivity index (χ1n) is 9.24. The first-order valence-corrected chi connectivity index (χ1v) is 9.24. The first-order chi connectivity index (χ1) is 12.7. The van der Waals surface area contributed by atoms with E-state index in [1.165, 1.54) is 5.56 Å². The Morgan fingerprint density at radius 1 is 1.35 bits per heavy atom. The summed E-state index contributed by atoms with van der Waals surface area (Å²) in [5.41, 5.74) is 2.26. The summed E-state index contributed by atoms with van der Waals surface area (Å²) in [7, 11) is 2.06. The molecule has 26 heavy (non-hydrogen) atoms. The van der Waals surface area contributed by atoms with Gasteiger partial charge in [0.25, 0.3) is 0 Å². The zero-order valence-electron chi connectivity index (χ0n) is 15.9. The van der Waals surface area contributed by atoms with Crippen LogP contribution in [0.1, 0.15) is 24.8 Å². The number of nitrogens with zero attached hydrogens (tertiary/aromatic N) is 3. The second kappa shape index (κ2) is 8.85. The number of aryl methyl sites for hydroxylation is 1. The normalized spacial score (nSPS) is 17.5. The molecule has 2 heterocycles. The van der Waals surface area contributed by atoms with Gasteiger partial charge < -0.3 is 19.4 Å². The molecular formula is C20H28N4O2. The Morgan fingerprint density at radius 3 is 2.85 bits per heavy atom. The standard InChI is InChI=1S/C20H28N4O2/c1-4-21-20(24(3)13-16-9-10-25-14-16)23-12-19-22-11-18(26-19)17-7-5-15(2)6-8-17/h5-8,11,16H,4,9-10,12-14H2,1-3H3,(H,21,23). The molecule has 0 spiro atoms. The lowest BCUT2D eigenvalue weighted by atomic mass is 10.1. The molecule has 0 bridgehead atoms. The molecule has 1 N–H and O–H groups in total. The quantitative estimate of drug-likeness (QED) is 0.637. The summed E-state index contributed by atoms with van der Waals surface area (Å²) in [5, 5.41) is 3.34. The molecule has 1 saturated heterocycles. The van der Waals surface area contributed by atoms with Crippen molar-refractivity contribution in [3.05, 3.63) is 41.9 Å². The highest BCUT2D eigenvalue weighted by Gasteiger charge is 2.19. The van der Waals surface area contributed by atoms with Gasteiger partial charge in [0.15, 0.2) is 11.7 Å². The number of aliphatic imine (C=N–C) groups is 1. The molecule has 1 aromatic heterocycles. The van der Waals surface area contributed by atoms with Crippen LogP contribution in [0.4, 0.5) is 0 Å². The maximum absolute atomic E-state index is 5.87. The topological polar surface area (TPSA) is 62.9 Å². The fourth-order valence-electron chi connectivity index (χ4n) is 3.05. The van der Waals surface area contributed by atoms with Gasteiger partial charge in [0.1, 0.15) is 6.54 Å². The molecule has 0 amide bonds. The Morgan fingerprint density at radius 2 is 2.15 bits per heavy atom. The molecule has 0 saturated carbocycles. The number of rotatable bonds is 6. The van der Waals surface area contributed by atoms with Crippen LogP contribution in [0.15, 0.2) is 39.9 Å². The molecule has 1 fully saturated rings. The van der Waals surface area contributed by atoms with E-state index in [-0.39, 0.29) is 0 Å². The van der Waals surface area contributed by atoms with E-state index in [4.69, 9.17) is 9.15 Å². The van der Waals surface area contributed by atoms with E-state index in [0.717, 1.165) is 50.0 Å². The molecule has 6 heteroatoms. The van der Waals surface area contributed by atoms with Gasteiger partial charge >= 0.3 is 0 Å². The predicted octanol–water partition coefficient (Wildman–Crippen LogP) is 3.08. The van der Waals surface area contributed by atoms with Crippen LogP contribution in [0.3, 0.4) is 0 Å². The maximum Gasteiger partial charge on any atom is 0.216 e. The summed E-state index contributed by atoms with van der Waals surface area (Å²) in [4.78, 5) is 11.2. The van der Waals surface area contributed by atoms with E-state index in [1.807, 2.05) is 12.1 Å². The van der Waals surface area contributed by atoms with E-state index in [1.54, 1.807) is 6.20 Å². The molecule has 140 valence electrons. The monoisotopic (exact) mass is 356 g/mol. The number of oxazole rings is 1. The molecular weight excluding hydrogens is 328 g/mol. The van der Waals surface area contributed by atoms with E-state index < -0.39 is 0 Å². The predicted molar refractivity (Wildman–Crippen MR) is 103 cm³/mol. The second-order valence-corrected chi connectivity index (χ2v) is 6.76. The average Bonchev–Trinajstić information content (AvgIpc) is 3.31. The smallest absolute Gasteiger partial charge is 0.216 e. The third-order valence-corrected chi connectivity index (χ3v) is 4.51. The molecule has 1 unspecified atom stereocenters. The summed E-state index contributed by atoms with van der Waals surface area (Å²) < 4.78 is 11.3. The zero-order chi connectivity index (χ0) is 18.4. The minimum atomic E-state index is 0.416. The Balaban J connectivity index is 1.64. The van der Waals surface area contributed by atoms with Crippen LogP contribution < -0.4 is 5.32 Å². The largest absolute Gasteiger partial charge is 0.439 e. The number of hydrogen-bond donors (Lipinski definition) is 1. The number of nitrogens with one attached hydrogen (secondary N) is 1. The van der Waals surface area contributed by atoms with E-state index in [0.29, 0.717) is 18.4 Å². The van der Waals surface area contributed by atoms with Crippen molar-refractivity contribution >= 4 is 5.96 Å². The zero-order valence-corrected chi connectivity index (χ0v) is 15.9. The van der Waals surface area contributed by atoms with Crippen molar-refractivity contribution in [2.24, 2.45) is 10.9 Å². The third kappa shape index (κ3) is 4.85. The van der Waals surface area contributed by atoms with Crippen LogP contribution >= 0.6 is 0 Å². The van der Waals surface area contributed by atoms with Gasteiger partial charge in [-0.05, 0) is 20.3 Å². The lowest BCUT2D eigenvalue weighted by Gasteiger charge is -2.24. The van der Waals surface area contributed by atoms with E-state index in [9.17, 15) is 0 Å². The Hall–Kier alpha value is -2.34. The van der Waals surface area contributed by atoms with Gasteiger partial charge in [0.05, 0.1) is 12.8 Å². The van der Waals surface area contributed by atoms with Crippen molar-refractivity contribution in [3.8, 4) is 11.3 Å².